The van der Waals surface area contributed by atoms with Crippen molar-refractivity contribution in [3.8, 4) is 11.1 Å². The number of nitrogens with zero attached hydrogens (tertiary/aromatic N) is 1. The van der Waals surface area contributed by atoms with Crippen LogP contribution < -0.4 is 5.73 Å². The third kappa shape index (κ3) is 4.15. The number of nitrogens with one attached hydrogen (secondary N) is 1. The molecule has 0 fully saturated rings. The summed E-state index contributed by atoms with van der Waals surface area (Å²) >= 11 is 11.4. The van der Waals surface area contributed by atoms with Gasteiger partial charge in [0, 0.05) is 34.8 Å². The van der Waals surface area contributed by atoms with Crippen molar-refractivity contribution in [2.24, 2.45) is 0 Å². The van der Waals surface area contributed by atoms with Crippen LogP contribution in [-0.4, -0.2) is 22.5 Å². The van der Waals surface area contributed by atoms with Crippen molar-refractivity contribution in [3.63, 3.8) is 0 Å². The lowest BCUT2D eigenvalue weighted by Crippen LogP contribution is -2.10. The predicted octanol–water partition coefficient (Wildman–Crippen LogP) is 5.49. The molecule has 0 aliphatic rings. The molecule has 0 spiro atoms. The molecule has 156 valence electrons. The molecule has 0 radical (unpaired) electrons. The van der Waals surface area contributed by atoms with Gasteiger partial charge in [0.15, 0.2) is 22.6 Å². The number of ether oxygens (including phenoxy) is 1. The summed E-state index contributed by atoms with van der Waals surface area (Å²) in [5, 5.41) is -0.946. The molecule has 1 aromatic carbocycles. The number of rotatable bonds is 5. The molecule has 2 aromatic heterocycles. The third-order valence-corrected chi connectivity index (χ3v) is 4.78. The summed E-state index contributed by atoms with van der Waals surface area (Å²) in [6.45, 7) is 1.52. The Morgan fingerprint density at radius 2 is 2.00 bits per heavy atom. The maximum absolute atomic E-state index is 14.6. The molecule has 0 amide bonds. The normalized spacial score (nSPS) is 11.6. The standard InChI is InChI=1S/C20H14Cl2F3N3O2/c1-2-30-20(29)12(11-6-13(23)18(25)16(21)17(11)24)7-15-10(3-4-27-15)9-5-14(26)19(22)28-8-9/h3-8,27H,2,26H2,1H3. The lowest BCUT2D eigenvalue weighted by molar-refractivity contribution is -0.136. The molecule has 30 heavy (non-hydrogen) atoms. The number of nitrogens with two attached hydrogens (primary N) is 1. The van der Waals surface area contributed by atoms with Gasteiger partial charge in [-0.15, -0.1) is 0 Å². The number of benzene rings is 1. The minimum Gasteiger partial charge on any atom is -0.462 e. The van der Waals surface area contributed by atoms with Gasteiger partial charge in [-0.25, -0.2) is 22.9 Å². The number of aromatic amines is 1. The Morgan fingerprint density at radius 3 is 2.67 bits per heavy atom. The largest absolute Gasteiger partial charge is 0.462 e. The van der Waals surface area contributed by atoms with Gasteiger partial charge in [-0.1, -0.05) is 23.2 Å². The number of anilines is 1. The van der Waals surface area contributed by atoms with Gasteiger partial charge in [-0.05, 0) is 31.2 Å². The van der Waals surface area contributed by atoms with Crippen LogP contribution in [0.15, 0.2) is 30.6 Å². The van der Waals surface area contributed by atoms with Gasteiger partial charge in [-0.3, -0.25) is 0 Å². The Kier molecular flexibility index (Phi) is 6.38. The summed E-state index contributed by atoms with van der Waals surface area (Å²) in [7, 11) is 0. The van der Waals surface area contributed by atoms with Crippen molar-refractivity contribution in [2.75, 3.05) is 12.3 Å². The average molecular weight is 456 g/mol. The molecule has 3 aromatic rings. The lowest BCUT2D eigenvalue weighted by atomic mass is 10.0. The molecule has 0 atom stereocenters. The monoisotopic (exact) mass is 455 g/mol. The van der Waals surface area contributed by atoms with Crippen molar-refractivity contribution in [3.05, 3.63) is 69.5 Å². The van der Waals surface area contributed by atoms with Crippen molar-refractivity contribution >= 4 is 46.5 Å². The summed E-state index contributed by atoms with van der Waals surface area (Å²) < 4.78 is 47.0. The van der Waals surface area contributed by atoms with E-state index in [1.807, 2.05) is 0 Å². The Morgan fingerprint density at radius 1 is 1.27 bits per heavy atom. The Balaban J connectivity index is 2.20. The Labute approximate surface area is 179 Å². The van der Waals surface area contributed by atoms with Gasteiger partial charge < -0.3 is 15.5 Å². The zero-order valence-corrected chi connectivity index (χ0v) is 16.9. The van der Waals surface area contributed by atoms with E-state index < -0.39 is 34.0 Å². The van der Waals surface area contributed by atoms with Gasteiger partial charge in [0.2, 0.25) is 0 Å². The molecule has 0 bridgehead atoms. The van der Waals surface area contributed by atoms with E-state index in [4.69, 9.17) is 33.7 Å². The first-order valence-corrected chi connectivity index (χ1v) is 9.31. The second-order valence-corrected chi connectivity index (χ2v) is 6.77. The molecule has 5 nitrogen and oxygen atoms in total. The second-order valence-electron chi connectivity index (χ2n) is 6.04. The number of carbonyl (C=O) groups is 1. The molecular formula is C20H14Cl2F3N3O2. The zero-order chi connectivity index (χ0) is 22.0. The summed E-state index contributed by atoms with van der Waals surface area (Å²) in [4.78, 5) is 19.4. The number of carbonyl (C=O) groups excluding carboxylic acids is 1. The fraction of sp³-hybridized carbons (Fsp3) is 0.100. The van der Waals surface area contributed by atoms with E-state index in [-0.39, 0.29) is 23.0 Å². The Hall–Kier alpha value is -2.97. The van der Waals surface area contributed by atoms with E-state index >= 15 is 0 Å². The smallest absolute Gasteiger partial charge is 0.338 e. The van der Waals surface area contributed by atoms with Crippen LogP contribution in [0.4, 0.5) is 18.9 Å². The van der Waals surface area contributed by atoms with Gasteiger partial charge in [-0.2, -0.15) is 0 Å². The van der Waals surface area contributed by atoms with Crippen LogP contribution in [-0.2, 0) is 9.53 Å². The summed E-state index contributed by atoms with van der Waals surface area (Å²) in [5.41, 5.74) is 6.53. The van der Waals surface area contributed by atoms with Crippen molar-refractivity contribution < 1.29 is 22.7 Å². The number of hydrogen-bond acceptors (Lipinski definition) is 4. The molecule has 3 N–H and O–H groups in total. The topological polar surface area (TPSA) is 81.0 Å². The molecule has 0 aliphatic carbocycles. The van der Waals surface area contributed by atoms with E-state index in [1.165, 1.54) is 12.3 Å². The molecular weight excluding hydrogens is 442 g/mol. The summed E-state index contributed by atoms with van der Waals surface area (Å²) in [5.74, 6) is -5.20. The zero-order valence-electron chi connectivity index (χ0n) is 15.4. The molecule has 0 unspecified atom stereocenters. The highest BCUT2D eigenvalue weighted by atomic mass is 35.5. The van der Waals surface area contributed by atoms with E-state index in [2.05, 4.69) is 9.97 Å². The van der Waals surface area contributed by atoms with Crippen LogP contribution in [0.3, 0.4) is 0 Å². The van der Waals surface area contributed by atoms with E-state index in [0.29, 0.717) is 22.9 Å². The third-order valence-electron chi connectivity index (χ3n) is 4.13. The number of H-pyrrole nitrogens is 1. The van der Waals surface area contributed by atoms with E-state index in [1.54, 1.807) is 25.3 Å². The fourth-order valence-corrected chi connectivity index (χ4v) is 3.03. The van der Waals surface area contributed by atoms with Gasteiger partial charge in [0.05, 0.1) is 17.9 Å². The minimum absolute atomic E-state index is 0.0234. The fourth-order valence-electron chi connectivity index (χ4n) is 2.73. The van der Waals surface area contributed by atoms with Crippen LogP contribution >= 0.6 is 23.2 Å². The van der Waals surface area contributed by atoms with Crippen molar-refractivity contribution in [1.82, 2.24) is 9.97 Å². The highest BCUT2D eigenvalue weighted by Crippen LogP contribution is 2.33. The molecule has 0 saturated carbocycles. The van der Waals surface area contributed by atoms with Gasteiger partial charge in [0.25, 0.3) is 0 Å². The number of aromatic nitrogens is 2. The van der Waals surface area contributed by atoms with Crippen molar-refractivity contribution in [1.29, 1.82) is 0 Å². The van der Waals surface area contributed by atoms with Gasteiger partial charge in [0.1, 0.15) is 5.02 Å². The van der Waals surface area contributed by atoms with Crippen LogP contribution in [0, 0.1) is 17.5 Å². The molecule has 0 aliphatic heterocycles. The number of hydrogen-bond donors (Lipinski definition) is 2. The first-order valence-electron chi connectivity index (χ1n) is 8.55. The first kappa shape index (κ1) is 21.7. The summed E-state index contributed by atoms with van der Waals surface area (Å²) in [6.07, 6.45) is 4.26. The SMILES string of the molecule is CCOC(=O)C(=Cc1[nH]ccc1-c1cnc(Cl)c(N)c1)c1cc(F)c(F)c(Cl)c1F. The van der Waals surface area contributed by atoms with Crippen LogP contribution in [0.5, 0.6) is 0 Å². The van der Waals surface area contributed by atoms with E-state index in [9.17, 15) is 18.0 Å². The summed E-state index contributed by atoms with van der Waals surface area (Å²) in [6, 6.07) is 3.77. The molecule has 2 heterocycles. The van der Waals surface area contributed by atoms with Gasteiger partial charge >= 0.3 is 5.97 Å². The minimum atomic E-state index is -1.55. The maximum Gasteiger partial charge on any atom is 0.338 e. The number of nitrogen functional groups attached to an aromatic ring is 1. The van der Waals surface area contributed by atoms with Crippen LogP contribution in [0.1, 0.15) is 18.2 Å². The first-order chi connectivity index (χ1) is 14.2. The highest BCUT2D eigenvalue weighted by Gasteiger charge is 2.24. The second kappa shape index (κ2) is 8.81. The number of pyridine rings is 1. The lowest BCUT2D eigenvalue weighted by Gasteiger charge is -2.11. The predicted molar refractivity (Wildman–Crippen MR) is 109 cm³/mol. The Bertz CT molecular complexity index is 1160. The van der Waals surface area contributed by atoms with Crippen LogP contribution in [0.25, 0.3) is 22.8 Å². The van der Waals surface area contributed by atoms with Crippen LogP contribution in [0.2, 0.25) is 10.2 Å². The quantitative estimate of drug-likeness (QED) is 0.175. The maximum atomic E-state index is 14.6. The average Bonchev–Trinajstić information content (AvgIpc) is 3.18. The molecule has 3 rings (SSSR count). The highest BCUT2D eigenvalue weighted by molar-refractivity contribution is 6.32. The number of esters is 1. The van der Waals surface area contributed by atoms with E-state index in [0.717, 1.165) is 0 Å². The molecule has 0 saturated heterocycles. The molecule has 10 heteroatoms. The van der Waals surface area contributed by atoms with Crippen molar-refractivity contribution in [2.45, 2.75) is 6.92 Å². The number of halogens is 5.